The summed E-state index contributed by atoms with van der Waals surface area (Å²) in [6.45, 7) is 7.79. The van der Waals surface area contributed by atoms with Gasteiger partial charge in [-0.05, 0) is 29.8 Å². The molecule has 0 aliphatic heterocycles. The van der Waals surface area contributed by atoms with Gasteiger partial charge >= 0.3 is 0 Å². The van der Waals surface area contributed by atoms with Gasteiger partial charge in [0.25, 0.3) is 0 Å². The first-order valence-corrected chi connectivity index (χ1v) is 7.36. The molecule has 0 saturated carbocycles. The van der Waals surface area contributed by atoms with E-state index < -0.39 is 0 Å². The lowest BCUT2D eigenvalue weighted by molar-refractivity contribution is 1.45. The van der Waals surface area contributed by atoms with E-state index in [-0.39, 0.29) is 0 Å². The number of hydrogen-bond donors (Lipinski definition) is 3. The summed E-state index contributed by atoms with van der Waals surface area (Å²) in [4.78, 5) is 0. The number of rotatable bonds is 5. The number of benzene rings is 2. The Labute approximate surface area is 140 Å². The highest BCUT2D eigenvalue weighted by Gasteiger charge is 2.13. The quantitative estimate of drug-likeness (QED) is 0.717. The van der Waals surface area contributed by atoms with Gasteiger partial charge in [-0.15, -0.1) is 0 Å². The molecule has 0 amide bonds. The lowest BCUT2D eigenvalue weighted by atomic mass is 10.1. The molecular formula is C17H17Cl2N3. The smallest absolute Gasteiger partial charge is 0.0645 e. The third-order valence-corrected chi connectivity index (χ3v) is 3.81. The molecule has 114 valence electrons. The van der Waals surface area contributed by atoms with E-state index in [1.165, 1.54) is 0 Å². The number of nitrogens with one attached hydrogen (secondary N) is 2. The van der Waals surface area contributed by atoms with Crippen LogP contribution in [0, 0.1) is 0 Å². The molecule has 5 heteroatoms. The predicted molar refractivity (Wildman–Crippen MR) is 98.3 cm³/mol. The fraction of sp³-hybridized carbons (Fsp3) is 0.0588. The van der Waals surface area contributed by atoms with Gasteiger partial charge in [0.2, 0.25) is 0 Å². The van der Waals surface area contributed by atoms with Gasteiger partial charge in [0.05, 0.1) is 15.7 Å². The van der Waals surface area contributed by atoms with E-state index in [1.807, 2.05) is 24.3 Å². The number of anilines is 2. The van der Waals surface area contributed by atoms with Crippen LogP contribution in [0.3, 0.4) is 0 Å². The lowest BCUT2D eigenvalue weighted by Gasteiger charge is -2.17. The molecular weight excluding hydrogens is 317 g/mol. The van der Waals surface area contributed by atoms with Gasteiger partial charge in [0, 0.05) is 29.7 Å². The molecule has 22 heavy (non-hydrogen) atoms. The maximum Gasteiger partial charge on any atom is 0.0645 e. The molecule has 2 aromatic rings. The summed E-state index contributed by atoms with van der Waals surface area (Å²) in [6, 6.07) is 11.1. The molecule has 0 aromatic heterocycles. The van der Waals surface area contributed by atoms with Gasteiger partial charge in [0.1, 0.15) is 0 Å². The van der Waals surface area contributed by atoms with Gasteiger partial charge in [0.15, 0.2) is 0 Å². The molecule has 0 radical (unpaired) electrons. The van der Waals surface area contributed by atoms with Gasteiger partial charge in [-0.1, -0.05) is 48.5 Å². The average Bonchev–Trinajstić information content (AvgIpc) is 2.49. The van der Waals surface area contributed by atoms with Crippen LogP contribution in [0.1, 0.15) is 11.1 Å². The van der Waals surface area contributed by atoms with E-state index in [9.17, 15) is 0 Å². The van der Waals surface area contributed by atoms with Crippen molar-refractivity contribution < 1.29 is 0 Å². The maximum atomic E-state index is 6.29. The highest BCUT2D eigenvalue weighted by atomic mass is 35.5. The molecule has 0 spiro atoms. The Kier molecular flexibility index (Phi) is 5.01. The summed E-state index contributed by atoms with van der Waals surface area (Å²) in [5.74, 6) is 0. The zero-order chi connectivity index (χ0) is 16.3. The van der Waals surface area contributed by atoms with Gasteiger partial charge in [-0.2, -0.15) is 0 Å². The van der Waals surface area contributed by atoms with Crippen molar-refractivity contribution in [2.75, 3.05) is 17.7 Å². The van der Waals surface area contributed by atoms with Crippen LogP contribution in [-0.2, 0) is 0 Å². The second-order valence-corrected chi connectivity index (χ2v) is 5.55. The van der Waals surface area contributed by atoms with Crippen molar-refractivity contribution in [3.05, 3.63) is 70.7 Å². The molecule has 2 rings (SSSR count). The molecule has 0 heterocycles. The normalized spacial score (nSPS) is 10.1. The van der Waals surface area contributed by atoms with Crippen LogP contribution in [0.2, 0.25) is 10.0 Å². The minimum absolute atomic E-state index is 0.506. The SMILES string of the molecule is C=C(N)c1cccc(NC(=C)c2c(Cl)ccc(Cl)c2NC)c1. The number of nitrogens with two attached hydrogens (primary N) is 1. The Hall–Kier alpha value is -2.10. The van der Waals surface area contributed by atoms with E-state index >= 15 is 0 Å². The lowest BCUT2D eigenvalue weighted by Crippen LogP contribution is -2.04. The van der Waals surface area contributed by atoms with Crippen molar-refractivity contribution in [2.45, 2.75) is 0 Å². The summed E-state index contributed by atoms with van der Waals surface area (Å²) in [5, 5.41) is 7.41. The Morgan fingerprint density at radius 1 is 1.09 bits per heavy atom. The van der Waals surface area contributed by atoms with Crippen molar-refractivity contribution in [3.63, 3.8) is 0 Å². The summed E-state index contributed by atoms with van der Waals surface area (Å²) in [7, 11) is 1.79. The van der Waals surface area contributed by atoms with Crippen molar-refractivity contribution in [1.82, 2.24) is 0 Å². The molecule has 0 atom stereocenters. The van der Waals surface area contributed by atoms with Gasteiger partial charge in [-0.3, -0.25) is 0 Å². The Balaban J connectivity index is 2.36. The first kappa shape index (κ1) is 16.3. The Morgan fingerprint density at radius 2 is 1.77 bits per heavy atom. The van der Waals surface area contributed by atoms with Crippen LogP contribution in [0.25, 0.3) is 11.4 Å². The van der Waals surface area contributed by atoms with Crippen molar-refractivity contribution in [2.24, 2.45) is 5.73 Å². The highest BCUT2D eigenvalue weighted by molar-refractivity contribution is 6.37. The molecule has 3 nitrogen and oxygen atoms in total. The predicted octanol–water partition coefficient (Wildman–Crippen LogP) is 5.05. The molecule has 0 fully saturated rings. The molecule has 0 saturated heterocycles. The fourth-order valence-electron chi connectivity index (χ4n) is 2.12. The molecule has 0 aliphatic rings. The molecule has 2 aromatic carbocycles. The monoisotopic (exact) mass is 333 g/mol. The van der Waals surface area contributed by atoms with E-state index in [0.29, 0.717) is 21.4 Å². The first-order chi connectivity index (χ1) is 10.4. The second-order valence-electron chi connectivity index (χ2n) is 4.74. The van der Waals surface area contributed by atoms with Gasteiger partial charge in [-0.25, -0.2) is 0 Å². The van der Waals surface area contributed by atoms with Crippen LogP contribution < -0.4 is 16.4 Å². The van der Waals surface area contributed by atoms with Crippen LogP contribution >= 0.6 is 23.2 Å². The van der Waals surface area contributed by atoms with Crippen LogP contribution in [0.4, 0.5) is 11.4 Å². The number of halogens is 2. The van der Waals surface area contributed by atoms with E-state index in [1.54, 1.807) is 19.2 Å². The fourth-order valence-corrected chi connectivity index (χ4v) is 2.65. The van der Waals surface area contributed by atoms with Crippen molar-refractivity contribution in [1.29, 1.82) is 0 Å². The zero-order valence-corrected chi connectivity index (χ0v) is 13.7. The van der Waals surface area contributed by atoms with E-state index in [0.717, 1.165) is 22.5 Å². The zero-order valence-electron chi connectivity index (χ0n) is 12.2. The largest absolute Gasteiger partial charge is 0.399 e. The highest BCUT2D eigenvalue weighted by Crippen LogP contribution is 2.36. The summed E-state index contributed by atoms with van der Waals surface area (Å²) < 4.78 is 0. The summed E-state index contributed by atoms with van der Waals surface area (Å²) in [5.41, 5.74) is 10.0. The van der Waals surface area contributed by atoms with Crippen molar-refractivity contribution >= 4 is 46.0 Å². The minimum atomic E-state index is 0.506. The average molecular weight is 334 g/mol. The standard InChI is InChI=1S/C17H17Cl2N3/c1-10(20)12-5-4-6-13(9-12)22-11(2)16-14(18)7-8-15(19)17(16)21-3/h4-9,21-22H,1-2,20H2,3H3. The summed E-state index contributed by atoms with van der Waals surface area (Å²) >= 11 is 12.5. The maximum absolute atomic E-state index is 6.29. The third-order valence-electron chi connectivity index (χ3n) is 3.18. The second kappa shape index (κ2) is 6.77. The first-order valence-electron chi connectivity index (χ1n) is 6.61. The third kappa shape index (κ3) is 3.38. The van der Waals surface area contributed by atoms with E-state index in [4.69, 9.17) is 28.9 Å². The molecule has 4 N–H and O–H groups in total. The van der Waals surface area contributed by atoms with Crippen molar-refractivity contribution in [3.8, 4) is 0 Å². The minimum Gasteiger partial charge on any atom is -0.399 e. The van der Waals surface area contributed by atoms with Crippen LogP contribution in [0.5, 0.6) is 0 Å². The Bertz CT molecular complexity index is 739. The molecule has 0 unspecified atom stereocenters. The van der Waals surface area contributed by atoms with Gasteiger partial charge < -0.3 is 16.4 Å². The Morgan fingerprint density at radius 3 is 2.41 bits per heavy atom. The van der Waals surface area contributed by atoms with Crippen LogP contribution in [0.15, 0.2) is 49.6 Å². The van der Waals surface area contributed by atoms with Crippen LogP contribution in [-0.4, -0.2) is 7.05 Å². The molecule has 0 aliphatic carbocycles. The topological polar surface area (TPSA) is 50.1 Å². The number of hydrogen-bond acceptors (Lipinski definition) is 3. The summed E-state index contributed by atoms with van der Waals surface area (Å²) in [6.07, 6.45) is 0. The molecule has 0 bridgehead atoms. The van der Waals surface area contributed by atoms with E-state index in [2.05, 4.69) is 23.8 Å².